The molecule has 4 heteroatoms. The highest BCUT2D eigenvalue weighted by Gasteiger charge is 2.12. The van der Waals surface area contributed by atoms with Crippen molar-refractivity contribution in [2.75, 3.05) is 16.8 Å². The molecule has 0 saturated heterocycles. The van der Waals surface area contributed by atoms with Crippen molar-refractivity contribution in [3.8, 4) is 0 Å². The van der Waals surface area contributed by atoms with E-state index < -0.39 is 0 Å². The molecule has 2 nitrogen and oxygen atoms in total. The molecule has 0 heterocycles. The van der Waals surface area contributed by atoms with E-state index in [1.165, 1.54) is 12.1 Å². The molecule has 0 aliphatic carbocycles. The smallest absolute Gasteiger partial charge is 0.177 e. The first-order valence-corrected chi connectivity index (χ1v) is 6.92. The van der Waals surface area contributed by atoms with E-state index in [1.807, 2.05) is 30.0 Å². The van der Waals surface area contributed by atoms with Crippen molar-refractivity contribution in [1.29, 1.82) is 0 Å². The van der Waals surface area contributed by atoms with Gasteiger partial charge >= 0.3 is 0 Å². The lowest BCUT2D eigenvalue weighted by molar-refractivity contribution is 0.628. The highest BCUT2D eigenvalue weighted by atomic mass is 32.1. The molecule has 104 valence electrons. The number of aryl methyl sites for hydroxylation is 1. The van der Waals surface area contributed by atoms with Crippen molar-refractivity contribution >= 4 is 28.7 Å². The van der Waals surface area contributed by atoms with Gasteiger partial charge in [0.1, 0.15) is 5.82 Å². The molecule has 0 aliphatic heterocycles. The van der Waals surface area contributed by atoms with Gasteiger partial charge in [-0.05, 0) is 62.0 Å². The minimum Gasteiger partial charge on any atom is -0.332 e. The predicted octanol–water partition coefficient (Wildman–Crippen LogP) is 4.36. The molecule has 0 amide bonds. The lowest BCUT2D eigenvalue weighted by Crippen LogP contribution is -2.35. The van der Waals surface area contributed by atoms with E-state index >= 15 is 0 Å². The number of hydrogen-bond donors (Lipinski definition) is 1. The Balaban J connectivity index is 2.18. The Kier molecular flexibility index (Phi) is 4.69. The van der Waals surface area contributed by atoms with Gasteiger partial charge in [-0.2, -0.15) is 0 Å². The van der Waals surface area contributed by atoms with Crippen LogP contribution in [0.3, 0.4) is 0 Å². The molecule has 0 radical (unpaired) electrons. The molecule has 2 rings (SSSR count). The van der Waals surface area contributed by atoms with Crippen molar-refractivity contribution in [1.82, 2.24) is 0 Å². The molecule has 1 N–H and O–H groups in total. The van der Waals surface area contributed by atoms with Gasteiger partial charge in [-0.25, -0.2) is 4.39 Å². The number of para-hydroxylation sites is 1. The van der Waals surface area contributed by atoms with Crippen LogP contribution < -0.4 is 10.2 Å². The zero-order valence-corrected chi connectivity index (χ0v) is 12.4. The van der Waals surface area contributed by atoms with Crippen LogP contribution in [0.25, 0.3) is 0 Å². The molecule has 0 atom stereocenters. The summed E-state index contributed by atoms with van der Waals surface area (Å²) in [5.41, 5.74) is 3.02. The number of thiocarbonyl (C=S) groups is 1. The summed E-state index contributed by atoms with van der Waals surface area (Å²) < 4.78 is 12.9. The average molecular weight is 288 g/mol. The van der Waals surface area contributed by atoms with Crippen LogP contribution in [0.15, 0.2) is 48.5 Å². The Morgan fingerprint density at radius 1 is 1.15 bits per heavy atom. The van der Waals surface area contributed by atoms with Gasteiger partial charge < -0.3 is 10.2 Å². The summed E-state index contributed by atoms with van der Waals surface area (Å²) >= 11 is 5.45. The number of anilines is 2. The van der Waals surface area contributed by atoms with Crippen LogP contribution in [-0.4, -0.2) is 11.7 Å². The SMILES string of the molecule is CCN(C(=S)Nc1ccc(F)cc1)c1ccccc1C. The standard InChI is InChI=1S/C16H17FN2S/c1-3-19(15-7-5-4-6-12(15)2)16(20)18-14-10-8-13(17)9-11-14/h4-11H,3H2,1-2H3,(H,18,20). The molecule has 2 aromatic rings. The van der Waals surface area contributed by atoms with Crippen LogP contribution in [0.5, 0.6) is 0 Å². The van der Waals surface area contributed by atoms with Gasteiger partial charge in [-0.15, -0.1) is 0 Å². The summed E-state index contributed by atoms with van der Waals surface area (Å²) in [6.45, 7) is 4.86. The maximum absolute atomic E-state index is 12.9. The Labute approximate surface area is 124 Å². The molecule has 0 bridgehead atoms. The molecule has 0 aliphatic rings. The van der Waals surface area contributed by atoms with Crippen molar-refractivity contribution in [3.63, 3.8) is 0 Å². The van der Waals surface area contributed by atoms with E-state index in [1.54, 1.807) is 12.1 Å². The normalized spacial score (nSPS) is 10.2. The first-order chi connectivity index (χ1) is 9.61. The maximum Gasteiger partial charge on any atom is 0.177 e. The van der Waals surface area contributed by atoms with Crippen LogP contribution in [0, 0.1) is 12.7 Å². The summed E-state index contributed by atoms with van der Waals surface area (Å²) in [7, 11) is 0. The quantitative estimate of drug-likeness (QED) is 0.845. The van der Waals surface area contributed by atoms with Crippen LogP contribution in [0.1, 0.15) is 12.5 Å². The second-order valence-electron chi connectivity index (χ2n) is 4.47. The van der Waals surface area contributed by atoms with Gasteiger partial charge in [0, 0.05) is 17.9 Å². The molecule has 20 heavy (non-hydrogen) atoms. The van der Waals surface area contributed by atoms with E-state index in [-0.39, 0.29) is 5.82 Å². The zero-order chi connectivity index (χ0) is 14.5. The molecular weight excluding hydrogens is 271 g/mol. The minimum absolute atomic E-state index is 0.257. The topological polar surface area (TPSA) is 15.3 Å². The van der Waals surface area contributed by atoms with Crippen LogP contribution in [0.4, 0.5) is 15.8 Å². The average Bonchev–Trinajstić information content (AvgIpc) is 2.44. The summed E-state index contributed by atoms with van der Waals surface area (Å²) in [4.78, 5) is 2.02. The van der Waals surface area contributed by atoms with Crippen molar-refractivity contribution in [3.05, 3.63) is 59.9 Å². The third kappa shape index (κ3) is 3.33. The molecule has 2 aromatic carbocycles. The Morgan fingerprint density at radius 3 is 2.40 bits per heavy atom. The number of halogens is 1. The molecule has 0 unspecified atom stereocenters. The third-order valence-corrected chi connectivity index (χ3v) is 3.39. The fourth-order valence-electron chi connectivity index (χ4n) is 2.01. The van der Waals surface area contributed by atoms with Crippen molar-refractivity contribution < 1.29 is 4.39 Å². The highest BCUT2D eigenvalue weighted by Crippen LogP contribution is 2.20. The molecular formula is C16H17FN2S. The fraction of sp³-hybridized carbons (Fsp3) is 0.188. The minimum atomic E-state index is -0.257. The van der Waals surface area contributed by atoms with Gasteiger partial charge in [0.15, 0.2) is 5.11 Å². The van der Waals surface area contributed by atoms with E-state index in [4.69, 9.17) is 12.2 Å². The Hall–Kier alpha value is -1.94. The predicted molar refractivity (Wildman–Crippen MR) is 86.8 cm³/mol. The Bertz CT molecular complexity index is 596. The molecule has 0 aromatic heterocycles. The first kappa shape index (κ1) is 14.5. The van der Waals surface area contributed by atoms with Crippen molar-refractivity contribution in [2.24, 2.45) is 0 Å². The number of nitrogens with one attached hydrogen (secondary N) is 1. The van der Waals surface area contributed by atoms with Gasteiger partial charge in [0.2, 0.25) is 0 Å². The summed E-state index contributed by atoms with van der Waals surface area (Å²) in [5.74, 6) is -0.257. The van der Waals surface area contributed by atoms with Gasteiger partial charge in [-0.3, -0.25) is 0 Å². The van der Waals surface area contributed by atoms with Crippen LogP contribution in [0.2, 0.25) is 0 Å². The lowest BCUT2D eigenvalue weighted by atomic mass is 10.2. The monoisotopic (exact) mass is 288 g/mol. The third-order valence-electron chi connectivity index (χ3n) is 3.06. The molecule has 0 spiro atoms. The van der Waals surface area contributed by atoms with E-state index in [0.717, 1.165) is 23.5 Å². The highest BCUT2D eigenvalue weighted by molar-refractivity contribution is 7.80. The number of nitrogens with zero attached hydrogens (tertiary/aromatic N) is 1. The number of rotatable bonds is 3. The van der Waals surface area contributed by atoms with E-state index in [2.05, 4.69) is 18.3 Å². The Morgan fingerprint density at radius 2 is 1.80 bits per heavy atom. The summed E-state index contributed by atoms with van der Waals surface area (Å²) in [6, 6.07) is 14.3. The number of hydrogen-bond acceptors (Lipinski definition) is 1. The number of benzene rings is 2. The maximum atomic E-state index is 12.9. The van der Waals surface area contributed by atoms with Crippen LogP contribution in [-0.2, 0) is 0 Å². The second kappa shape index (κ2) is 6.48. The zero-order valence-electron chi connectivity index (χ0n) is 11.6. The van der Waals surface area contributed by atoms with Crippen LogP contribution >= 0.6 is 12.2 Å². The van der Waals surface area contributed by atoms with E-state index in [0.29, 0.717) is 5.11 Å². The molecule has 0 saturated carbocycles. The first-order valence-electron chi connectivity index (χ1n) is 6.51. The van der Waals surface area contributed by atoms with E-state index in [9.17, 15) is 4.39 Å². The fourth-order valence-corrected chi connectivity index (χ4v) is 2.36. The second-order valence-corrected chi connectivity index (χ2v) is 4.85. The van der Waals surface area contributed by atoms with Gasteiger partial charge in [0.25, 0.3) is 0 Å². The largest absolute Gasteiger partial charge is 0.332 e. The lowest BCUT2D eigenvalue weighted by Gasteiger charge is -2.26. The van der Waals surface area contributed by atoms with Gasteiger partial charge in [0.05, 0.1) is 0 Å². The van der Waals surface area contributed by atoms with Gasteiger partial charge in [-0.1, -0.05) is 18.2 Å². The summed E-state index contributed by atoms with van der Waals surface area (Å²) in [6.07, 6.45) is 0. The van der Waals surface area contributed by atoms with Crippen molar-refractivity contribution in [2.45, 2.75) is 13.8 Å². The molecule has 0 fully saturated rings. The summed E-state index contributed by atoms with van der Waals surface area (Å²) in [5, 5.41) is 3.74.